The summed E-state index contributed by atoms with van der Waals surface area (Å²) in [4.78, 5) is 14.4. The molecule has 1 aliphatic rings. The molecule has 1 amide bonds. The third-order valence-electron chi connectivity index (χ3n) is 4.29. The molecule has 0 spiro atoms. The largest absolute Gasteiger partial charge is 0.378 e. The van der Waals surface area contributed by atoms with Crippen LogP contribution in [0.1, 0.15) is 19.4 Å². The Balaban J connectivity index is 1.58. The minimum Gasteiger partial charge on any atom is -0.378 e. The number of rotatable bonds is 7. The van der Waals surface area contributed by atoms with Crippen LogP contribution in [0.4, 0.5) is 11.6 Å². The zero-order valence-corrected chi connectivity index (χ0v) is 16.1. The topological polar surface area (TPSA) is 72.3 Å². The normalized spacial score (nSPS) is 14.5. The Hall–Kier alpha value is -2.06. The lowest BCUT2D eigenvalue weighted by atomic mass is 10.1. The van der Waals surface area contributed by atoms with Crippen LogP contribution in [0, 0.1) is 0 Å². The third-order valence-corrected chi connectivity index (χ3v) is 5.25. The molecule has 140 valence electrons. The minimum atomic E-state index is -0.0437. The SMILES string of the molecule is CCc1ccc(NC(=O)CSc2nnc(N3CCOCC3)n2CC)cc1. The number of anilines is 2. The molecule has 0 unspecified atom stereocenters. The molecule has 26 heavy (non-hydrogen) atoms. The van der Waals surface area contributed by atoms with E-state index in [-0.39, 0.29) is 5.91 Å². The molecule has 8 heteroatoms. The lowest BCUT2D eigenvalue weighted by Gasteiger charge is -2.27. The third kappa shape index (κ3) is 4.56. The van der Waals surface area contributed by atoms with Crippen LogP contribution in [0.2, 0.25) is 0 Å². The van der Waals surface area contributed by atoms with Crippen LogP contribution in [-0.4, -0.2) is 52.7 Å². The molecule has 3 rings (SSSR count). The Kier molecular flexibility index (Phi) is 6.51. The predicted molar refractivity (Wildman–Crippen MR) is 104 cm³/mol. The van der Waals surface area contributed by atoms with Crippen LogP contribution in [-0.2, 0) is 22.5 Å². The van der Waals surface area contributed by atoms with Crippen molar-refractivity contribution in [1.29, 1.82) is 0 Å². The van der Waals surface area contributed by atoms with Crippen molar-refractivity contribution in [2.75, 3.05) is 42.3 Å². The van der Waals surface area contributed by atoms with E-state index in [1.165, 1.54) is 17.3 Å². The summed E-state index contributed by atoms with van der Waals surface area (Å²) in [7, 11) is 0. The van der Waals surface area contributed by atoms with Gasteiger partial charge in [0.05, 0.1) is 19.0 Å². The molecular formula is C18H25N5O2S. The van der Waals surface area contributed by atoms with Gasteiger partial charge in [-0.2, -0.15) is 0 Å². The molecule has 1 aliphatic heterocycles. The lowest BCUT2D eigenvalue weighted by molar-refractivity contribution is -0.113. The average Bonchev–Trinajstić information content (AvgIpc) is 3.10. The number of thioether (sulfide) groups is 1. The highest BCUT2D eigenvalue weighted by atomic mass is 32.2. The van der Waals surface area contributed by atoms with Crippen LogP contribution in [0.15, 0.2) is 29.4 Å². The summed E-state index contributed by atoms with van der Waals surface area (Å²) < 4.78 is 7.45. The fourth-order valence-electron chi connectivity index (χ4n) is 2.81. The molecule has 1 aromatic heterocycles. The Bertz CT molecular complexity index is 726. The Morgan fingerprint density at radius 2 is 1.92 bits per heavy atom. The van der Waals surface area contributed by atoms with E-state index in [1.54, 1.807) is 0 Å². The molecule has 0 saturated carbocycles. The van der Waals surface area contributed by atoms with Gasteiger partial charge >= 0.3 is 0 Å². The second kappa shape index (κ2) is 9.05. The molecule has 2 heterocycles. The number of carbonyl (C=O) groups excluding carboxylic acids is 1. The summed E-state index contributed by atoms with van der Waals surface area (Å²) in [6, 6.07) is 7.94. The van der Waals surface area contributed by atoms with Gasteiger partial charge in [-0.05, 0) is 31.0 Å². The Morgan fingerprint density at radius 1 is 1.19 bits per heavy atom. The summed E-state index contributed by atoms with van der Waals surface area (Å²) in [6.07, 6.45) is 0.988. The van der Waals surface area contributed by atoms with Gasteiger partial charge in [-0.1, -0.05) is 30.8 Å². The van der Waals surface area contributed by atoms with Crippen LogP contribution >= 0.6 is 11.8 Å². The van der Waals surface area contributed by atoms with E-state index in [9.17, 15) is 4.79 Å². The smallest absolute Gasteiger partial charge is 0.234 e. The number of aromatic nitrogens is 3. The summed E-state index contributed by atoms with van der Waals surface area (Å²) in [5, 5.41) is 12.3. The Morgan fingerprint density at radius 3 is 2.58 bits per heavy atom. The highest BCUT2D eigenvalue weighted by Crippen LogP contribution is 2.23. The quantitative estimate of drug-likeness (QED) is 0.750. The number of nitrogens with one attached hydrogen (secondary N) is 1. The number of aryl methyl sites for hydroxylation is 1. The minimum absolute atomic E-state index is 0.0437. The summed E-state index contributed by atoms with van der Waals surface area (Å²) in [5.41, 5.74) is 2.07. The van der Waals surface area contributed by atoms with Gasteiger partial charge in [-0.3, -0.25) is 9.36 Å². The van der Waals surface area contributed by atoms with E-state index < -0.39 is 0 Å². The van der Waals surface area contributed by atoms with E-state index in [4.69, 9.17) is 4.74 Å². The molecule has 0 aliphatic carbocycles. The van der Waals surface area contributed by atoms with E-state index in [0.29, 0.717) is 19.0 Å². The average molecular weight is 375 g/mol. The first kappa shape index (κ1) is 18.7. The van der Waals surface area contributed by atoms with Crippen molar-refractivity contribution < 1.29 is 9.53 Å². The van der Waals surface area contributed by atoms with Crippen LogP contribution in [0.5, 0.6) is 0 Å². The van der Waals surface area contributed by atoms with E-state index in [1.807, 2.05) is 24.3 Å². The first-order chi connectivity index (χ1) is 12.7. The first-order valence-corrected chi connectivity index (χ1v) is 9.97. The highest BCUT2D eigenvalue weighted by Gasteiger charge is 2.20. The van der Waals surface area contributed by atoms with Crippen molar-refractivity contribution in [3.05, 3.63) is 29.8 Å². The number of morpholine rings is 1. The monoisotopic (exact) mass is 375 g/mol. The second-order valence-corrected chi connectivity index (χ2v) is 6.96. The Labute approximate surface area is 158 Å². The van der Waals surface area contributed by atoms with Gasteiger partial charge in [0, 0.05) is 25.3 Å². The molecule has 1 N–H and O–H groups in total. The molecule has 0 atom stereocenters. The first-order valence-electron chi connectivity index (χ1n) is 8.98. The number of nitrogens with zero attached hydrogens (tertiary/aromatic N) is 4. The number of ether oxygens (including phenoxy) is 1. The maximum Gasteiger partial charge on any atom is 0.234 e. The van der Waals surface area contributed by atoms with Gasteiger partial charge in [0.15, 0.2) is 5.16 Å². The van der Waals surface area contributed by atoms with Gasteiger partial charge < -0.3 is 15.0 Å². The summed E-state index contributed by atoms with van der Waals surface area (Å²) in [5.74, 6) is 1.11. The van der Waals surface area contributed by atoms with E-state index >= 15 is 0 Å². The van der Waals surface area contributed by atoms with Crippen molar-refractivity contribution in [3.8, 4) is 0 Å². The standard InChI is InChI=1S/C18H25N5O2S/c1-3-14-5-7-15(8-6-14)19-16(24)13-26-18-21-20-17(23(18)4-2)22-9-11-25-12-10-22/h5-8H,3-4,9-13H2,1-2H3,(H,19,24). The van der Waals surface area contributed by atoms with Crippen LogP contribution in [0.3, 0.4) is 0 Å². The fraction of sp³-hybridized carbons (Fsp3) is 0.500. The molecule has 1 aromatic carbocycles. The molecule has 1 saturated heterocycles. The van der Waals surface area contributed by atoms with Gasteiger partial charge in [0.2, 0.25) is 11.9 Å². The molecule has 1 fully saturated rings. The van der Waals surface area contributed by atoms with E-state index in [2.05, 4.69) is 38.8 Å². The number of amides is 1. The zero-order valence-electron chi connectivity index (χ0n) is 15.3. The maximum absolute atomic E-state index is 12.2. The maximum atomic E-state index is 12.2. The van der Waals surface area contributed by atoms with Gasteiger partial charge in [-0.25, -0.2) is 0 Å². The van der Waals surface area contributed by atoms with Gasteiger partial charge in [-0.15, -0.1) is 10.2 Å². The van der Waals surface area contributed by atoms with Crippen molar-refractivity contribution in [2.45, 2.75) is 32.0 Å². The van der Waals surface area contributed by atoms with Gasteiger partial charge in [0.1, 0.15) is 0 Å². The lowest BCUT2D eigenvalue weighted by Crippen LogP contribution is -2.38. The van der Waals surface area contributed by atoms with Crippen molar-refractivity contribution in [3.63, 3.8) is 0 Å². The second-order valence-electron chi connectivity index (χ2n) is 6.01. The van der Waals surface area contributed by atoms with Crippen LogP contribution in [0.25, 0.3) is 0 Å². The molecule has 2 aromatic rings. The molecule has 7 nitrogen and oxygen atoms in total. The zero-order chi connectivity index (χ0) is 18.4. The predicted octanol–water partition coefficient (Wildman–Crippen LogP) is 2.43. The van der Waals surface area contributed by atoms with Crippen LogP contribution < -0.4 is 10.2 Å². The fourth-order valence-corrected chi connectivity index (χ4v) is 3.61. The highest BCUT2D eigenvalue weighted by molar-refractivity contribution is 7.99. The van der Waals surface area contributed by atoms with Gasteiger partial charge in [0.25, 0.3) is 0 Å². The molecule has 0 radical (unpaired) electrons. The van der Waals surface area contributed by atoms with Crippen molar-refractivity contribution >= 4 is 29.3 Å². The number of hydrogen-bond donors (Lipinski definition) is 1. The van der Waals surface area contributed by atoms with Crippen molar-refractivity contribution in [2.24, 2.45) is 0 Å². The van der Waals surface area contributed by atoms with Crippen molar-refractivity contribution in [1.82, 2.24) is 14.8 Å². The van der Waals surface area contributed by atoms with E-state index in [0.717, 1.165) is 42.8 Å². The summed E-state index contributed by atoms with van der Waals surface area (Å²) >= 11 is 1.41. The molecular weight excluding hydrogens is 350 g/mol. The summed E-state index contributed by atoms with van der Waals surface area (Å²) in [6.45, 7) is 7.98. The number of carbonyl (C=O) groups is 1. The number of benzene rings is 1. The number of hydrogen-bond acceptors (Lipinski definition) is 6. The molecule has 0 bridgehead atoms.